The number of benzene rings is 2. The number of nitrogens with one attached hydrogen (secondary N) is 1. The van der Waals surface area contributed by atoms with Crippen molar-refractivity contribution in [2.24, 2.45) is 0 Å². The molecule has 2 aromatic carbocycles. The lowest BCUT2D eigenvalue weighted by Crippen LogP contribution is -2.35. The molecule has 1 fully saturated rings. The number of para-hydroxylation sites is 1. The van der Waals surface area contributed by atoms with E-state index in [0.29, 0.717) is 33.2 Å². The lowest BCUT2D eigenvalue weighted by atomic mass is 10.1. The van der Waals surface area contributed by atoms with Crippen LogP contribution in [0.25, 0.3) is 16.5 Å². The van der Waals surface area contributed by atoms with Crippen LogP contribution in [0.3, 0.4) is 0 Å². The van der Waals surface area contributed by atoms with Gasteiger partial charge in [0.25, 0.3) is 11.5 Å². The number of rotatable bonds is 5. The van der Waals surface area contributed by atoms with Crippen LogP contribution in [0, 0.1) is 0 Å². The van der Waals surface area contributed by atoms with E-state index in [1.807, 2.05) is 61.5 Å². The minimum Gasteiger partial charge on any atom is -0.356 e. The highest BCUT2D eigenvalue weighted by Crippen LogP contribution is 2.27. The summed E-state index contributed by atoms with van der Waals surface area (Å²) >= 11 is 6.41. The number of hydrogen-bond acceptors (Lipinski definition) is 4. The van der Waals surface area contributed by atoms with Crippen molar-refractivity contribution in [1.29, 1.82) is 0 Å². The second-order valence-electron chi connectivity index (χ2n) is 8.87. The van der Waals surface area contributed by atoms with Crippen LogP contribution in [-0.2, 0) is 0 Å². The van der Waals surface area contributed by atoms with Gasteiger partial charge in [-0.05, 0) is 68.0 Å². The third-order valence-corrected chi connectivity index (χ3v) is 6.83. The van der Waals surface area contributed by atoms with Gasteiger partial charge in [-0.3, -0.25) is 14.2 Å². The monoisotopic (exact) mass is 486 g/mol. The molecular formula is C28H27ClN4O2. The predicted octanol–water partition coefficient (Wildman–Crippen LogP) is 5.52. The van der Waals surface area contributed by atoms with E-state index in [4.69, 9.17) is 11.6 Å². The summed E-state index contributed by atoms with van der Waals surface area (Å²) in [7, 11) is 0. The zero-order valence-corrected chi connectivity index (χ0v) is 20.3. The van der Waals surface area contributed by atoms with Crippen molar-refractivity contribution >= 4 is 34.1 Å². The van der Waals surface area contributed by atoms with Gasteiger partial charge in [0.05, 0.1) is 22.0 Å². The molecule has 6 nitrogen and oxygen atoms in total. The summed E-state index contributed by atoms with van der Waals surface area (Å²) in [4.78, 5) is 33.8. The minimum absolute atomic E-state index is 0.217. The summed E-state index contributed by atoms with van der Waals surface area (Å²) in [5.74, 6) is 0.493. The summed E-state index contributed by atoms with van der Waals surface area (Å²) in [5.41, 5.74) is 1.71. The Morgan fingerprint density at radius 2 is 1.77 bits per heavy atom. The Labute approximate surface area is 209 Å². The van der Waals surface area contributed by atoms with Crippen molar-refractivity contribution in [1.82, 2.24) is 14.9 Å². The van der Waals surface area contributed by atoms with Gasteiger partial charge in [0.15, 0.2) is 0 Å². The number of piperidine rings is 1. The van der Waals surface area contributed by atoms with Crippen LogP contribution in [0.1, 0.15) is 48.3 Å². The smallest absolute Gasteiger partial charge is 0.264 e. The van der Waals surface area contributed by atoms with Crippen LogP contribution < -0.4 is 15.8 Å². The molecular weight excluding hydrogens is 460 g/mol. The Kier molecular flexibility index (Phi) is 6.55. The Hall–Kier alpha value is -3.64. The molecule has 0 spiro atoms. The second kappa shape index (κ2) is 9.92. The van der Waals surface area contributed by atoms with E-state index >= 15 is 0 Å². The summed E-state index contributed by atoms with van der Waals surface area (Å²) in [6, 6.07) is 19.9. The molecule has 1 aliphatic rings. The fourth-order valence-electron chi connectivity index (χ4n) is 4.78. The first kappa shape index (κ1) is 23.1. The first-order valence-corrected chi connectivity index (χ1v) is 12.3. The van der Waals surface area contributed by atoms with Crippen molar-refractivity contribution in [2.45, 2.75) is 32.2 Å². The number of carbonyl (C=O) groups is 1. The topological polar surface area (TPSA) is 67.2 Å². The van der Waals surface area contributed by atoms with Gasteiger partial charge in [0, 0.05) is 30.7 Å². The average molecular weight is 487 g/mol. The number of nitrogens with zero attached hydrogens (tertiary/aromatic N) is 3. The Morgan fingerprint density at radius 3 is 2.54 bits per heavy atom. The van der Waals surface area contributed by atoms with E-state index in [9.17, 15) is 9.59 Å². The molecule has 0 saturated carbocycles. The van der Waals surface area contributed by atoms with Crippen LogP contribution in [0.5, 0.6) is 0 Å². The molecule has 1 aliphatic heterocycles. The lowest BCUT2D eigenvalue weighted by molar-refractivity contribution is 0.0939. The molecule has 0 bridgehead atoms. The third-order valence-electron chi connectivity index (χ3n) is 6.52. The maximum absolute atomic E-state index is 13.6. The Morgan fingerprint density at radius 1 is 1.00 bits per heavy atom. The molecule has 1 amide bonds. The van der Waals surface area contributed by atoms with Gasteiger partial charge in [-0.25, -0.2) is 4.98 Å². The van der Waals surface area contributed by atoms with Crippen LogP contribution in [0.2, 0.25) is 5.02 Å². The number of amides is 1. The van der Waals surface area contributed by atoms with Gasteiger partial charge >= 0.3 is 0 Å². The van der Waals surface area contributed by atoms with Gasteiger partial charge in [-0.15, -0.1) is 0 Å². The normalized spacial score (nSPS) is 14.6. The van der Waals surface area contributed by atoms with Gasteiger partial charge in [0.1, 0.15) is 5.82 Å². The third kappa shape index (κ3) is 4.54. The molecule has 5 rings (SSSR count). The SMILES string of the molecule is C[C@H](NC(=O)c1cccnc1N1CCCCC1)c1cc2cccc(Cl)c2c(=O)n1-c1ccccc1. The Bertz CT molecular complexity index is 1430. The number of carbonyl (C=O) groups excluding carboxylic acids is 1. The van der Waals surface area contributed by atoms with Crippen molar-refractivity contribution in [2.75, 3.05) is 18.0 Å². The molecule has 3 heterocycles. The van der Waals surface area contributed by atoms with Crippen LogP contribution in [-0.4, -0.2) is 28.5 Å². The van der Waals surface area contributed by atoms with Gasteiger partial charge in [-0.1, -0.05) is 41.9 Å². The molecule has 2 aromatic heterocycles. The number of hydrogen-bond donors (Lipinski definition) is 1. The standard InChI is InChI=1S/C28H27ClN4O2/c1-19(31-27(34)22-13-9-15-30-26(22)32-16-6-3-7-17-32)24-18-20-10-8-14-23(29)25(20)28(35)33(24)21-11-4-2-5-12-21/h2,4-5,8-15,18-19H,3,6-7,16-17H2,1H3,(H,31,34)/t19-/m0/s1. The largest absolute Gasteiger partial charge is 0.356 e. The van der Waals surface area contributed by atoms with E-state index in [-0.39, 0.29) is 11.5 Å². The van der Waals surface area contributed by atoms with E-state index in [0.717, 1.165) is 31.3 Å². The van der Waals surface area contributed by atoms with Crippen LogP contribution >= 0.6 is 11.6 Å². The fraction of sp³-hybridized carbons (Fsp3) is 0.250. The van der Waals surface area contributed by atoms with Gasteiger partial charge < -0.3 is 10.2 Å². The van der Waals surface area contributed by atoms with E-state index in [1.165, 1.54) is 6.42 Å². The molecule has 1 saturated heterocycles. The fourth-order valence-corrected chi connectivity index (χ4v) is 5.04. The molecule has 4 aromatic rings. The number of aromatic nitrogens is 2. The number of fused-ring (bicyclic) bond motifs is 1. The molecule has 1 atom stereocenters. The van der Waals surface area contributed by atoms with Crippen molar-refractivity contribution in [3.05, 3.63) is 99.6 Å². The Balaban J connectivity index is 1.55. The maximum Gasteiger partial charge on any atom is 0.264 e. The maximum atomic E-state index is 13.6. The predicted molar refractivity (Wildman–Crippen MR) is 141 cm³/mol. The van der Waals surface area contributed by atoms with Gasteiger partial charge in [-0.2, -0.15) is 0 Å². The quantitative estimate of drug-likeness (QED) is 0.403. The molecule has 7 heteroatoms. The first-order valence-electron chi connectivity index (χ1n) is 11.9. The van der Waals surface area contributed by atoms with Gasteiger partial charge in [0.2, 0.25) is 0 Å². The molecule has 35 heavy (non-hydrogen) atoms. The summed E-state index contributed by atoms with van der Waals surface area (Å²) < 4.78 is 1.63. The second-order valence-corrected chi connectivity index (χ2v) is 9.27. The summed E-state index contributed by atoms with van der Waals surface area (Å²) in [5, 5.41) is 4.71. The number of halogens is 1. The number of pyridine rings is 2. The van der Waals surface area contributed by atoms with Crippen LogP contribution in [0.4, 0.5) is 5.82 Å². The molecule has 0 unspecified atom stereocenters. The van der Waals surface area contributed by atoms with Crippen molar-refractivity contribution < 1.29 is 4.79 Å². The molecule has 178 valence electrons. The first-order chi connectivity index (χ1) is 17.0. The number of anilines is 1. The highest BCUT2D eigenvalue weighted by molar-refractivity contribution is 6.35. The van der Waals surface area contributed by atoms with E-state index in [1.54, 1.807) is 22.9 Å². The molecule has 0 radical (unpaired) electrons. The molecule has 0 aliphatic carbocycles. The summed E-state index contributed by atoms with van der Waals surface area (Å²) in [6.07, 6.45) is 5.11. The van der Waals surface area contributed by atoms with E-state index < -0.39 is 6.04 Å². The van der Waals surface area contributed by atoms with Crippen LogP contribution in [0.15, 0.2) is 77.7 Å². The van der Waals surface area contributed by atoms with E-state index in [2.05, 4.69) is 15.2 Å². The van der Waals surface area contributed by atoms with Crippen molar-refractivity contribution in [3.63, 3.8) is 0 Å². The highest BCUT2D eigenvalue weighted by atomic mass is 35.5. The zero-order valence-electron chi connectivity index (χ0n) is 19.6. The zero-order chi connectivity index (χ0) is 24.4. The lowest BCUT2D eigenvalue weighted by Gasteiger charge is -2.29. The highest BCUT2D eigenvalue weighted by Gasteiger charge is 2.23. The van der Waals surface area contributed by atoms with Crippen molar-refractivity contribution in [3.8, 4) is 5.69 Å². The minimum atomic E-state index is -0.451. The average Bonchev–Trinajstić information content (AvgIpc) is 2.89. The summed E-state index contributed by atoms with van der Waals surface area (Å²) in [6.45, 7) is 3.68. The molecule has 1 N–H and O–H groups in total.